The van der Waals surface area contributed by atoms with Crippen molar-refractivity contribution >= 4 is 5.97 Å². The number of hydrogen-bond acceptors (Lipinski definition) is 3. The summed E-state index contributed by atoms with van der Waals surface area (Å²) in [7, 11) is 0. The zero-order chi connectivity index (χ0) is 8.60. The molecule has 0 bridgehead atoms. The van der Waals surface area contributed by atoms with Crippen LogP contribution in [0.15, 0.2) is 0 Å². The molecule has 1 atom stereocenters. The molecule has 2 fully saturated rings. The van der Waals surface area contributed by atoms with Gasteiger partial charge in [0.25, 0.3) is 0 Å². The van der Waals surface area contributed by atoms with Crippen molar-refractivity contribution in [3.05, 3.63) is 0 Å². The zero-order valence-corrected chi connectivity index (χ0v) is 7.43. The van der Waals surface area contributed by atoms with Crippen LogP contribution in [0.1, 0.15) is 32.6 Å². The van der Waals surface area contributed by atoms with E-state index in [-0.39, 0.29) is 11.5 Å². The highest BCUT2D eigenvalue weighted by molar-refractivity contribution is 5.82. The number of esters is 1. The fourth-order valence-electron chi connectivity index (χ4n) is 2.24. The minimum atomic E-state index is -0.308. The van der Waals surface area contributed by atoms with Gasteiger partial charge in [-0.3, -0.25) is 10.1 Å². The Bertz CT molecular complexity index is 197. The second-order valence-electron chi connectivity index (χ2n) is 3.93. The summed E-state index contributed by atoms with van der Waals surface area (Å²) in [5.41, 5.74) is -0.308. The maximum atomic E-state index is 11.5. The van der Waals surface area contributed by atoms with Crippen LogP contribution in [0.4, 0.5) is 0 Å². The predicted molar refractivity (Wildman–Crippen MR) is 44.8 cm³/mol. The van der Waals surface area contributed by atoms with Crippen molar-refractivity contribution in [1.82, 2.24) is 5.32 Å². The van der Waals surface area contributed by atoms with Crippen LogP contribution in [-0.4, -0.2) is 24.2 Å². The van der Waals surface area contributed by atoms with E-state index >= 15 is 0 Å². The first-order valence-corrected chi connectivity index (χ1v) is 4.68. The highest BCUT2D eigenvalue weighted by Gasteiger charge is 2.45. The molecule has 0 aromatic rings. The van der Waals surface area contributed by atoms with Gasteiger partial charge in [-0.15, -0.1) is 0 Å². The van der Waals surface area contributed by atoms with Crippen molar-refractivity contribution in [1.29, 1.82) is 0 Å². The molecule has 3 nitrogen and oxygen atoms in total. The Morgan fingerprint density at radius 1 is 1.50 bits per heavy atom. The minimum Gasteiger partial charge on any atom is -0.463 e. The van der Waals surface area contributed by atoms with Crippen molar-refractivity contribution in [2.45, 2.75) is 44.2 Å². The van der Waals surface area contributed by atoms with Gasteiger partial charge >= 0.3 is 5.97 Å². The Kier molecular flexibility index (Phi) is 1.83. The van der Waals surface area contributed by atoms with E-state index in [4.69, 9.17) is 4.74 Å². The van der Waals surface area contributed by atoms with E-state index in [1.165, 1.54) is 0 Å². The largest absolute Gasteiger partial charge is 0.463 e. The third kappa shape index (κ3) is 1.12. The first-order valence-electron chi connectivity index (χ1n) is 4.68. The Hall–Kier alpha value is -0.570. The number of hydrogen-bond donors (Lipinski definition) is 1. The molecule has 0 unspecified atom stereocenters. The topological polar surface area (TPSA) is 38.3 Å². The monoisotopic (exact) mass is 169 g/mol. The number of carbonyl (C=O) groups excluding carboxylic acids is 1. The van der Waals surface area contributed by atoms with E-state index in [0.29, 0.717) is 12.6 Å². The van der Waals surface area contributed by atoms with Crippen LogP contribution in [0, 0.1) is 0 Å². The predicted octanol–water partition coefficient (Wildman–Crippen LogP) is 0.834. The molecular formula is C9H15NO2. The van der Waals surface area contributed by atoms with Gasteiger partial charge in [-0.05, 0) is 19.8 Å². The lowest BCUT2D eigenvalue weighted by Gasteiger charge is -2.36. The van der Waals surface area contributed by atoms with Gasteiger partial charge < -0.3 is 4.74 Å². The summed E-state index contributed by atoms with van der Waals surface area (Å²) in [6.07, 6.45) is 4.20. The van der Waals surface area contributed by atoms with Gasteiger partial charge in [0, 0.05) is 6.04 Å². The zero-order valence-electron chi connectivity index (χ0n) is 7.43. The summed E-state index contributed by atoms with van der Waals surface area (Å²) in [6, 6.07) is 0.320. The van der Waals surface area contributed by atoms with Crippen LogP contribution in [0.5, 0.6) is 0 Å². The number of nitrogens with one attached hydrogen (secondary N) is 1. The molecule has 0 radical (unpaired) electrons. The van der Waals surface area contributed by atoms with Gasteiger partial charge in [0.15, 0.2) is 0 Å². The maximum absolute atomic E-state index is 11.5. The first-order chi connectivity index (χ1) is 5.73. The molecule has 0 aromatic heterocycles. The third-order valence-corrected chi connectivity index (χ3v) is 2.83. The van der Waals surface area contributed by atoms with Crippen LogP contribution in [-0.2, 0) is 9.53 Å². The van der Waals surface area contributed by atoms with Gasteiger partial charge in [-0.25, -0.2) is 0 Å². The molecular weight excluding hydrogens is 154 g/mol. The molecule has 2 aliphatic rings. The maximum Gasteiger partial charge on any atom is 0.326 e. The van der Waals surface area contributed by atoms with Crippen LogP contribution in [0.2, 0.25) is 0 Å². The molecule has 0 aromatic carbocycles. The molecule has 68 valence electrons. The van der Waals surface area contributed by atoms with Crippen molar-refractivity contribution < 1.29 is 9.53 Å². The average Bonchev–Trinajstić information content (AvgIpc) is 2.48. The van der Waals surface area contributed by atoms with Gasteiger partial charge in [0.2, 0.25) is 0 Å². The van der Waals surface area contributed by atoms with Crippen LogP contribution in [0.25, 0.3) is 0 Å². The fourth-order valence-corrected chi connectivity index (χ4v) is 2.24. The molecule has 1 saturated heterocycles. The fraction of sp³-hybridized carbons (Fsp3) is 0.889. The van der Waals surface area contributed by atoms with Crippen molar-refractivity contribution in [2.75, 3.05) is 6.61 Å². The van der Waals surface area contributed by atoms with E-state index in [2.05, 4.69) is 12.2 Å². The van der Waals surface area contributed by atoms with E-state index < -0.39 is 0 Å². The lowest BCUT2D eigenvalue weighted by Crippen LogP contribution is -2.59. The van der Waals surface area contributed by atoms with Crippen LogP contribution >= 0.6 is 0 Å². The van der Waals surface area contributed by atoms with Gasteiger partial charge in [0.1, 0.15) is 12.1 Å². The molecule has 1 aliphatic heterocycles. The van der Waals surface area contributed by atoms with Gasteiger partial charge in [0.05, 0.1) is 0 Å². The Morgan fingerprint density at radius 2 is 2.17 bits per heavy atom. The number of rotatable bonds is 0. The van der Waals surface area contributed by atoms with E-state index in [0.717, 1.165) is 25.7 Å². The lowest BCUT2D eigenvalue weighted by atomic mass is 9.95. The summed E-state index contributed by atoms with van der Waals surface area (Å²) in [5, 5.41) is 3.37. The molecule has 1 heterocycles. The third-order valence-electron chi connectivity index (χ3n) is 2.83. The second-order valence-corrected chi connectivity index (χ2v) is 3.93. The second kappa shape index (κ2) is 2.73. The van der Waals surface area contributed by atoms with Crippen LogP contribution < -0.4 is 5.32 Å². The van der Waals surface area contributed by atoms with E-state index in [9.17, 15) is 4.79 Å². The standard InChI is InChI=1S/C9H15NO2/c1-7-6-12-8(11)9(10-7)4-2-3-5-9/h7,10H,2-6H2,1H3/t7-/m1/s1. The van der Waals surface area contributed by atoms with E-state index in [1.54, 1.807) is 0 Å². The lowest BCUT2D eigenvalue weighted by molar-refractivity contribution is -0.158. The van der Waals surface area contributed by atoms with Crippen molar-refractivity contribution in [3.63, 3.8) is 0 Å². The molecule has 1 spiro atoms. The quantitative estimate of drug-likeness (QED) is 0.546. The van der Waals surface area contributed by atoms with Gasteiger partial charge in [-0.1, -0.05) is 12.8 Å². The Morgan fingerprint density at radius 3 is 2.83 bits per heavy atom. The highest BCUT2D eigenvalue weighted by atomic mass is 16.5. The molecule has 2 rings (SSSR count). The molecule has 1 aliphatic carbocycles. The number of morpholine rings is 1. The molecule has 3 heteroatoms. The van der Waals surface area contributed by atoms with E-state index in [1.807, 2.05) is 0 Å². The average molecular weight is 169 g/mol. The smallest absolute Gasteiger partial charge is 0.326 e. The molecule has 1 N–H and O–H groups in total. The number of cyclic esters (lactones) is 1. The Labute approximate surface area is 72.5 Å². The summed E-state index contributed by atoms with van der Waals surface area (Å²) in [6.45, 7) is 2.59. The normalized spacial score (nSPS) is 33.8. The summed E-state index contributed by atoms with van der Waals surface area (Å²) in [5.74, 6) is -0.0295. The molecule has 12 heavy (non-hydrogen) atoms. The Balaban J connectivity index is 2.14. The minimum absolute atomic E-state index is 0.0295. The van der Waals surface area contributed by atoms with Crippen LogP contribution in [0.3, 0.4) is 0 Å². The summed E-state index contributed by atoms with van der Waals surface area (Å²) >= 11 is 0. The SMILES string of the molecule is C[C@@H]1COC(=O)C2(CCCC2)N1. The van der Waals surface area contributed by atoms with Crippen molar-refractivity contribution in [3.8, 4) is 0 Å². The highest BCUT2D eigenvalue weighted by Crippen LogP contribution is 2.32. The van der Waals surface area contributed by atoms with Crippen molar-refractivity contribution in [2.24, 2.45) is 0 Å². The first kappa shape index (κ1) is 8.05. The van der Waals surface area contributed by atoms with Gasteiger partial charge in [-0.2, -0.15) is 0 Å². The summed E-state index contributed by atoms with van der Waals surface area (Å²) in [4.78, 5) is 11.5. The summed E-state index contributed by atoms with van der Waals surface area (Å²) < 4.78 is 5.13. The molecule has 0 amide bonds. The number of carbonyl (C=O) groups is 1. The number of ether oxygens (including phenoxy) is 1. The molecule has 1 saturated carbocycles.